The smallest absolute Gasteiger partial charge is 0.236 e. The molecule has 0 unspecified atom stereocenters. The van der Waals surface area contributed by atoms with Crippen LogP contribution in [0, 0.1) is 0 Å². The van der Waals surface area contributed by atoms with Crippen LogP contribution in [0.1, 0.15) is 0 Å². The lowest BCUT2D eigenvalue weighted by Gasteiger charge is -2.10. The first kappa shape index (κ1) is 29.1. The van der Waals surface area contributed by atoms with Crippen molar-refractivity contribution in [2.45, 2.75) is 0 Å². The molecule has 0 fully saturated rings. The number of hydrogen-bond acceptors (Lipinski definition) is 4. The molecule has 0 atom stereocenters. The summed E-state index contributed by atoms with van der Waals surface area (Å²) in [5, 5.41) is 13.3. The maximum absolute atomic E-state index is 6.64. The second-order valence-corrected chi connectivity index (χ2v) is 16.0. The molecule has 14 aromatic rings. The van der Waals surface area contributed by atoms with E-state index in [4.69, 9.17) is 14.4 Å². The summed E-state index contributed by atoms with van der Waals surface area (Å²) in [5.74, 6) is 0.618. The van der Waals surface area contributed by atoms with Gasteiger partial charge in [-0.1, -0.05) is 103 Å². The molecule has 0 aliphatic rings. The average molecular weight is 731 g/mol. The van der Waals surface area contributed by atoms with Crippen molar-refractivity contribution in [1.82, 2.24) is 18.9 Å². The van der Waals surface area contributed by atoms with Crippen molar-refractivity contribution in [3.8, 4) is 17.2 Å². The highest BCUT2D eigenvalue weighted by atomic mass is 32.1. The van der Waals surface area contributed by atoms with E-state index in [1.807, 2.05) is 23.5 Å². The van der Waals surface area contributed by atoms with Crippen molar-refractivity contribution < 1.29 is 4.42 Å². The van der Waals surface area contributed by atoms with Gasteiger partial charge in [-0.15, -0.1) is 11.3 Å². The van der Waals surface area contributed by atoms with Gasteiger partial charge in [-0.05, 0) is 65.4 Å². The van der Waals surface area contributed by atoms with Crippen LogP contribution in [0.25, 0.3) is 130 Å². The van der Waals surface area contributed by atoms with Gasteiger partial charge in [-0.25, -0.2) is 9.97 Å². The van der Waals surface area contributed by atoms with Gasteiger partial charge < -0.3 is 8.82 Å². The first-order valence-electron chi connectivity index (χ1n) is 18.9. The fourth-order valence-corrected chi connectivity index (χ4v) is 10.8. The van der Waals surface area contributed by atoms with Gasteiger partial charge in [0.25, 0.3) is 0 Å². The molecule has 258 valence electrons. The van der Waals surface area contributed by atoms with Crippen molar-refractivity contribution in [2.24, 2.45) is 0 Å². The number of benzene rings is 8. The van der Waals surface area contributed by atoms with Crippen molar-refractivity contribution in [1.29, 1.82) is 0 Å². The molecule has 0 spiro atoms. The highest BCUT2D eigenvalue weighted by molar-refractivity contribution is 7.25. The van der Waals surface area contributed by atoms with Gasteiger partial charge in [0.15, 0.2) is 5.58 Å². The SMILES string of the molecule is c1ccc2cc3c(cc2c1)c1c2c4cccc5c6ccccc6n(c2ccc1n3-c1nc(-c2ccc3c(c2)sc2ccccc23)c2oc3ccccc3c2n1)c54. The number of hydrogen-bond donors (Lipinski definition) is 0. The lowest BCUT2D eigenvalue weighted by atomic mass is 10.0. The highest BCUT2D eigenvalue weighted by Crippen LogP contribution is 2.46. The Bertz CT molecular complexity index is 4010. The van der Waals surface area contributed by atoms with Gasteiger partial charge in [-0.2, -0.15) is 0 Å². The van der Waals surface area contributed by atoms with Crippen LogP contribution >= 0.6 is 11.3 Å². The average Bonchev–Trinajstić information content (AvgIpc) is 4.05. The highest BCUT2D eigenvalue weighted by Gasteiger charge is 2.25. The molecule has 0 aliphatic heterocycles. The summed E-state index contributed by atoms with van der Waals surface area (Å²) in [6, 6.07) is 56.9. The monoisotopic (exact) mass is 730 g/mol. The van der Waals surface area contributed by atoms with Crippen LogP contribution in [0.3, 0.4) is 0 Å². The van der Waals surface area contributed by atoms with Gasteiger partial charge in [0.2, 0.25) is 5.95 Å². The Labute approximate surface area is 321 Å². The Balaban J connectivity index is 1.15. The molecular formula is C50H26N4OS. The minimum atomic E-state index is 0.618. The summed E-state index contributed by atoms with van der Waals surface area (Å²) in [4.78, 5) is 10.9. The van der Waals surface area contributed by atoms with E-state index in [1.165, 1.54) is 79.8 Å². The van der Waals surface area contributed by atoms with Crippen molar-refractivity contribution in [3.63, 3.8) is 0 Å². The largest absolute Gasteiger partial charge is 0.452 e. The Morgan fingerprint density at radius 3 is 2.11 bits per heavy atom. The fraction of sp³-hybridized carbons (Fsp3) is 0. The topological polar surface area (TPSA) is 48.3 Å². The third-order valence-electron chi connectivity index (χ3n) is 12.0. The van der Waals surface area contributed by atoms with E-state index in [-0.39, 0.29) is 0 Å². The molecule has 0 aliphatic carbocycles. The molecule has 6 heteroatoms. The summed E-state index contributed by atoms with van der Waals surface area (Å²) in [5.41, 5.74) is 9.91. The van der Waals surface area contributed by atoms with E-state index < -0.39 is 0 Å². The molecule has 0 amide bonds. The second-order valence-electron chi connectivity index (χ2n) is 14.9. The van der Waals surface area contributed by atoms with Gasteiger partial charge in [0.05, 0.1) is 27.6 Å². The Morgan fingerprint density at radius 1 is 0.464 bits per heavy atom. The van der Waals surface area contributed by atoms with Crippen LogP contribution in [0.4, 0.5) is 0 Å². The maximum atomic E-state index is 6.64. The van der Waals surface area contributed by atoms with E-state index in [2.05, 4.69) is 155 Å². The molecule has 0 radical (unpaired) electrons. The van der Waals surface area contributed by atoms with E-state index in [9.17, 15) is 0 Å². The van der Waals surface area contributed by atoms with Gasteiger partial charge >= 0.3 is 0 Å². The first-order chi connectivity index (χ1) is 27.8. The molecule has 14 rings (SSSR count). The molecule has 0 saturated heterocycles. The Hall–Kier alpha value is -7.28. The lowest BCUT2D eigenvalue weighted by molar-refractivity contribution is 0.666. The molecule has 0 bridgehead atoms. The van der Waals surface area contributed by atoms with Crippen LogP contribution in [-0.2, 0) is 0 Å². The van der Waals surface area contributed by atoms with E-state index in [0.29, 0.717) is 11.5 Å². The summed E-state index contributed by atoms with van der Waals surface area (Å²) >= 11 is 1.81. The molecule has 8 aromatic carbocycles. The lowest BCUT2D eigenvalue weighted by Crippen LogP contribution is -2.03. The van der Waals surface area contributed by atoms with Crippen LogP contribution in [0.15, 0.2) is 162 Å². The third kappa shape index (κ3) is 3.60. The van der Waals surface area contributed by atoms with Gasteiger partial charge in [-0.3, -0.25) is 4.57 Å². The summed E-state index contributed by atoms with van der Waals surface area (Å²) in [6.07, 6.45) is 0. The van der Waals surface area contributed by atoms with Crippen molar-refractivity contribution in [3.05, 3.63) is 158 Å². The second kappa shape index (κ2) is 10.3. The predicted molar refractivity (Wildman–Crippen MR) is 234 cm³/mol. The number of rotatable bonds is 2. The molecule has 56 heavy (non-hydrogen) atoms. The predicted octanol–water partition coefficient (Wildman–Crippen LogP) is 13.8. The minimum Gasteiger partial charge on any atom is -0.452 e. The molecule has 5 nitrogen and oxygen atoms in total. The van der Waals surface area contributed by atoms with E-state index in [0.717, 1.165) is 38.8 Å². The number of thiophene rings is 1. The number of aromatic nitrogens is 4. The normalized spacial score (nSPS) is 12.6. The van der Waals surface area contributed by atoms with Crippen LogP contribution in [0.5, 0.6) is 0 Å². The molecule has 0 N–H and O–H groups in total. The number of nitrogens with zero attached hydrogens (tertiary/aromatic N) is 4. The number of fused-ring (bicyclic) bond motifs is 17. The van der Waals surface area contributed by atoms with Crippen LogP contribution < -0.4 is 0 Å². The Kier molecular flexibility index (Phi) is 5.34. The van der Waals surface area contributed by atoms with E-state index in [1.54, 1.807) is 0 Å². The van der Waals surface area contributed by atoms with Crippen molar-refractivity contribution in [2.75, 3.05) is 0 Å². The molecular weight excluding hydrogens is 705 g/mol. The Morgan fingerprint density at radius 2 is 1.18 bits per heavy atom. The van der Waals surface area contributed by atoms with Crippen LogP contribution in [-0.4, -0.2) is 18.9 Å². The number of furan rings is 1. The summed E-state index contributed by atoms with van der Waals surface area (Å²) < 4.78 is 13.9. The zero-order valence-electron chi connectivity index (χ0n) is 29.6. The zero-order chi connectivity index (χ0) is 36.2. The summed E-state index contributed by atoms with van der Waals surface area (Å²) in [6.45, 7) is 0. The first-order valence-corrected chi connectivity index (χ1v) is 19.7. The third-order valence-corrected chi connectivity index (χ3v) is 13.2. The van der Waals surface area contributed by atoms with Crippen molar-refractivity contribution >= 4 is 124 Å². The standard InChI is InChI=1S/C50H26N4OS/c1-2-11-28-25-40-36(24-27(28)10-1)45-39(23-22-38-44(45)35-16-9-15-33-30-12-3-6-17-37(30)53(38)48(33)35)54(40)50-51-46(49-47(52-50)34-14-4-7-18-41(34)55-49)29-20-21-32-31-13-5-8-19-42(31)56-43(32)26-29/h1-26H. The fourth-order valence-electron chi connectivity index (χ4n) is 9.68. The van der Waals surface area contributed by atoms with Gasteiger partial charge in [0.1, 0.15) is 16.8 Å². The zero-order valence-corrected chi connectivity index (χ0v) is 30.4. The summed E-state index contributed by atoms with van der Waals surface area (Å²) in [7, 11) is 0. The molecule has 6 heterocycles. The quantitative estimate of drug-likeness (QED) is 0.178. The number of para-hydroxylation sites is 3. The maximum Gasteiger partial charge on any atom is 0.236 e. The molecule has 0 saturated carbocycles. The molecule has 6 aromatic heterocycles. The van der Waals surface area contributed by atoms with Gasteiger partial charge in [0, 0.05) is 63.4 Å². The van der Waals surface area contributed by atoms with E-state index >= 15 is 0 Å². The minimum absolute atomic E-state index is 0.618. The van der Waals surface area contributed by atoms with Crippen LogP contribution in [0.2, 0.25) is 0 Å².